The first kappa shape index (κ1) is 13.1. The lowest BCUT2D eigenvalue weighted by atomic mass is 10.1. The molecule has 0 aliphatic carbocycles. The van der Waals surface area contributed by atoms with Gasteiger partial charge in [-0.25, -0.2) is 4.98 Å². The van der Waals surface area contributed by atoms with Gasteiger partial charge in [-0.1, -0.05) is 18.2 Å². The van der Waals surface area contributed by atoms with E-state index in [-0.39, 0.29) is 0 Å². The van der Waals surface area contributed by atoms with E-state index >= 15 is 0 Å². The van der Waals surface area contributed by atoms with Gasteiger partial charge >= 0.3 is 0 Å². The fourth-order valence-corrected chi connectivity index (χ4v) is 2.59. The van der Waals surface area contributed by atoms with Crippen molar-refractivity contribution in [2.75, 3.05) is 12.3 Å². The van der Waals surface area contributed by atoms with Gasteiger partial charge < -0.3 is 11.1 Å². The molecule has 1 aromatic carbocycles. The molecule has 18 heavy (non-hydrogen) atoms. The van der Waals surface area contributed by atoms with E-state index in [4.69, 9.17) is 5.73 Å². The van der Waals surface area contributed by atoms with Crippen LogP contribution in [0.4, 0.5) is 5.69 Å². The number of hydrogen-bond donors (Lipinski definition) is 2. The lowest BCUT2D eigenvalue weighted by Gasteiger charge is -2.05. The molecular weight excluding hydrogens is 242 g/mol. The second kappa shape index (κ2) is 6.52. The molecule has 0 bridgehead atoms. The van der Waals surface area contributed by atoms with Crippen LogP contribution in [0, 0.1) is 6.92 Å². The lowest BCUT2D eigenvalue weighted by molar-refractivity contribution is 0.647. The average Bonchev–Trinajstić information content (AvgIpc) is 2.77. The highest BCUT2D eigenvalue weighted by atomic mass is 32.1. The van der Waals surface area contributed by atoms with E-state index in [0.29, 0.717) is 0 Å². The highest BCUT2D eigenvalue weighted by molar-refractivity contribution is 7.09. The Hall–Kier alpha value is -1.39. The Morgan fingerprint density at radius 3 is 2.89 bits per heavy atom. The standard InChI is InChI=1S/C14H19N3S/c1-11-10-18-14(17-11)9-16-8-4-6-12-5-2-3-7-13(12)15/h2-3,5,7,10,16H,4,6,8-9,15H2,1H3. The Kier molecular flexibility index (Phi) is 4.73. The molecule has 0 fully saturated rings. The van der Waals surface area contributed by atoms with Crippen LogP contribution in [0.2, 0.25) is 0 Å². The number of nitrogens with zero attached hydrogens (tertiary/aromatic N) is 1. The van der Waals surface area contributed by atoms with Crippen molar-refractivity contribution in [1.29, 1.82) is 0 Å². The van der Waals surface area contributed by atoms with E-state index in [0.717, 1.165) is 42.3 Å². The number of rotatable bonds is 6. The number of benzene rings is 1. The van der Waals surface area contributed by atoms with Gasteiger partial charge in [-0.2, -0.15) is 0 Å². The fraction of sp³-hybridized carbons (Fsp3) is 0.357. The smallest absolute Gasteiger partial charge is 0.107 e. The number of nitrogens with two attached hydrogens (primary N) is 1. The van der Waals surface area contributed by atoms with Gasteiger partial charge in [0, 0.05) is 23.3 Å². The number of anilines is 1. The van der Waals surface area contributed by atoms with Crippen molar-refractivity contribution in [3.63, 3.8) is 0 Å². The van der Waals surface area contributed by atoms with Crippen LogP contribution in [-0.2, 0) is 13.0 Å². The van der Waals surface area contributed by atoms with Crippen molar-refractivity contribution in [1.82, 2.24) is 10.3 Å². The molecule has 0 aliphatic rings. The van der Waals surface area contributed by atoms with E-state index in [1.54, 1.807) is 11.3 Å². The van der Waals surface area contributed by atoms with Crippen molar-refractivity contribution in [3.8, 4) is 0 Å². The van der Waals surface area contributed by atoms with Crippen LogP contribution >= 0.6 is 11.3 Å². The molecule has 0 radical (unpaired) electrons. The summed E-state index contributed by atoms with van der Waals surface area (Å²) < 4.78 is 0. The van der Waals surface area contributed by atoms with Crippen LogP contribution in [0.25, 0.3) is 0 Å². The highest BCUT2D eigenvalue weighted by Crippen LogP contribution is 2.12. The molecule has 0 saturated heterocycles. The molecule has 96 valence electrons. The van der Waals surface area contributed by atoms with E-state index in [2.05, 4.69) is 21.7 Å². The van der Waals surface area contributed by atoms with Crippen molar-refractivity contribution < 1.29 is 0 Å². The molecule has 0 unspecified atom stereocenters. The van der Waals surface area contributed by atoms with Gasteiger partial charge in [0.1, 0.15) is 5.01 Å². The third-order valence-corrected chi connectivity index (χ3v) is 3.76. The average molecular weight is 261 g/mol. The maximum atomic E-state index is 5.90. The summed E-state index contributed by atoms with van der Waals surface area (Å²) in [6.45, 7) is 3.88. The topological polar surface area (TPSA) is 50.9 Å². The second-order valence-corrected chi connectivity index (χ2v) is 5.30. The van der Waals surface area contributed by atoms with Crippen LogP contribution in [0.3, 0.4) is 0 Å². The summed E-state index contributed by atoms with van der Waals surface area (Å²) in [5.74, 6) is 0. The predicted octanol–water partition coefficient (Wildman–Crippen LogP) is 2.76. The molecule has 1 aromatic heterocycles. The predicted molar refractivity (Wildman–Crippen MR) is 77.7 cm³/mol. The van der Waals surface area contributed by atoms with Crippen LogP contribution in [-0.4, -0.2) is 11.5 Å². The van der Waals surface area contributed by atoms with Crippen molar-refractivity contribution in [3.05, 3.63) is 45.9 Å². The Morgan fingerprint density at radius 2 is 2.17 bits per heavy atom. The molecule has 0 aliphatic heterocycles. The summed E-state index contributed by atoms with van der Waals surface area (Å²) >= 11 is 1.71. The Balaban J connectivity index is 1.66. The zero-order chi connectivity index (χ0) is 12.8. The number of aryl methyl sites for hydroxylation is 2. The quantitative estimate of drug-likeness (QED) is 0.621. The normalized spacial score (nSPS) is 10.7. The lowest BCUT2D eigenvalue weighted by Crippen LogP contribution is -2.15. The van der Waals surface area contributed by atoms with Gasteiger partial charge in [0.25, 0.3) is 0 Å². The van der Waals surface area contributed by atoms with Crippen LogP contribution < -0.4 is 11.1 Å². The van der Waals surface area contributed by atoms with E-state index in [1.165, 1.54) is 5.56 Å². The van der Waals surface area contributed by atoms with Crippen LogP contribution in [0.5, 0.6) is 0 Å². The Morgan fingerprint density at radius 1 is 1.33 bits per heavy atom. The minimum atomic E-state index is 0.864. The summed E-state index contributed by atoms with van der Waals surface area (Å²) in [4.78, 5) is 4.42. The van der Waals surface area contributed by atoms with E-state index < -0.39 is 0 Å². The molecule has 2 rings (SSSR count). The first-order valence-corrected chi connectivity index (χ1v) is 7.09. The molecule has 2 aromatic rings. The summed E-state index contributed by atoms with van der Waals surface area (Å²) in [6.07, 6.45) is 2.12. The summed E-state index contributed by atoms with van der Waals surface area (Å²) in [6, 6.07) is 8.07. The van der Waals surface area contributed by atoms with Gasteiger partial charge in [0.15, 0.2) is 0 Å². The number of hydrogen-bond acceptors (Lipinski definition) is 4. The highest BCUT2D eigenvalue weighted by Gasteiger charge is 1.99. The van der Waals surface area contributed by atoms with Gasteiger partial charge in [-0.3, -0.25) is 0 Å². The third kappa shape index (κ3) is 3.82. The largest absolute Gasteiger partial charge is 0.399 e. The van der Waals surface area contributed by atoms with Crippen molar-refractivity contribution in [2.45, 2.75) is 26.3 Å². The number of aromatic nitrogens is 1. The number of nitrogen functional groups attached to an aromatic ring is 1. The Bertz CT molecular complexity index is 493. The number of nitrogens with one attached hydrogen (secondary N) is 1. The zero-order valence-corrected chi connectivity index (χ0v) is 11.5. The molecule has 0 atom stereocenters. The van der Waals surface area contributed by atoms with Crippen molar-refractivity contribution in [2.24, 2.45) is 0 Å². The van der Waals surface area contributed by atoms with Crippen LogP contribution in [0.1, 0.15) is 22.7 Å². The molecule has 0 amide bonds. The summed E-state index contributed by atoms with van der Waals surface area (Å²) in [5.41, 5.74) is 9.14. The van der Waals surface area contributed by atoms with Gasteiger partial charge in [0.2, 0.25) is 0 Å². The molecule has 4 heteroatoms. The maximum absolute atomic E-state index is 5.90. The van der Waals surface area contributed by atoms with Crippen molar-refractivity contribution >= 4 is 17.0 Å². The third-order valence-electron chi connectivity index (χ3n) is 2.80. The second-order valence-electron chi connectivity index (χ2n) is 4.36. The van der Waals surface area contributed by atoms with Crippen LogP contribution in [0.15, 0.2) is 29.6 Å². The van der Waals surface area contributed by atoms with Gasteiger partial charge in [-0.15, -0.1) is 11.3 Å². The monoisotopic (exact) mass is 261 g/mol. The number of thiazole rings is 1. The molecule has 1 heterocycles. The minimum absolute atomic E-state index is 0.864. The molecule has 3 nitrogen and oxygen atoms in total. The molecule has 0 spiro atoms. The summed E-state index contributed by atoms with van der Waals surface area (Å²) in [7, 11) is 0. The summed E-state index contributed by atoms with van der Waals surface area (Å²) in [5, 5.41) is 6.66. The first-order chi connectivity index (χ1) is 8.75. The number of para-hydroxylation sites is 1. The van der Waals surface area contributed by atoms with E-state index in [1.807, 2.05) is 25.1 Å². The fourth-order valence-electron chi connectivity index (χ4n) is 1.84. The SMILES string of the molecule is Cc1csc(CNCCCc2ccccc2N)n1. The van der Waals surface area contributed by atoms with E-state index in [9.17, 15) is 0 Å². The van der Waals surface area contributed by atoms with Gasteiger partial charge in [0.05, 0.1) is 0 Å². The molecule has 3 N–H and O–H groups in total. The Labute approximate surface area is 112 Å². The first-order valence-electron chi connectivity index (χ1n) is 6.21. The minimum Gasteiger partial charge on any atom is -0.399 e. The van der Waals surface area contributed by atoms with Gasteiger partial charge in [-0.05, 0) is 37.9 Å². The maximum Gasteiger partial charge on any atom is 0.107 e. The molecular formula is C14H19N3S. The zero-order valence-electron chi connectivity index (χ0n) is 10.6. The molecule has 0 saturated carbocycles.